The van der Waals surface area contributed by atoms with Gasteiger partial charge in [0.15, 0.2) is 0 Å². The first-order chi connectivity index (χ1) is 10.1. The molecule has 21 heavy (non-hydrogen) atoms. The molecule has 1 N–H and O–H groups in total. The summed E-state index contributed by atoms with van der Waals surface area (Å²) in [6, 6.07) is 3.81. The molecule has 1 saturated carbocycles. The Morgan fingerprint density at radius 2 is 2.29 bits per heavy atom. The Labute approximate surface area is 135 Å². The van der Waals surface area contributed by atoms with Crippen molar-refractivity contribution in [3.63, 3.8) is 0 Å². The molecule has 1 aliphatic carbocycles. The van der Waals surface area contributed by atoms with E-state index in [0.29, 0.717) is 16.2 Å². The molecule has 2 unspecified atom stereocenters. The lowest BCUT2D eigenvalue weighted by atomic mass is 9.92. The molecule has 0 amide bonds. The number of hydrogen-bond donors (Lipinski definition) is 1. The number of esters is 1. The first-order valence-corrected chi connectivity index (χ1v) is 8.88. The first-order valence-electron chi connectivity index (χ1n) is 7.62. The highest BCUT2D eigenvalue weighted by Crippen LogP contribution is 2.38. The van der Waals surface area contributed by atoms with Crippen molar-refractivity contribution in [3.05, 3.63) is 21.9 Å². The van der Waals surface area contributed by atoms with E-state index in [1.165, 1.54) is 29.1 Å². The lowest BCUT2D eigenvalue weighted by Gasteiger charge is -2.16. The number of carbonyl (C=O) groups is 1. The van der Waals surface area contributed by atoms with Crippen molar-refractivity contribution in [3.8, 4) is 0 Å². The molecule has 2 rings (SSSR count). The molecule has 0 aliphatic heterocycles. The van der Waals surface area contributed by atoms with Gasteiger partial charge in [0.05, 0.1) is 6.61 Å². The normalized spacial score (nSPS) is 25.2. The summed E-state index contributed by atoms with van der Waals surface area (Å²) in [5.41, 5.74) is 0. The van der Waals surface area contributed by atoms with Gasteiger partial charge in [-0.2, -0.15) is 0 Å². The van der Waals surface area contributed by atoms with Crippen LogP contribution < -0.4 is 0 Å². The predicted octanol–water partition coefficient (Wildman–Crippen LogP) is 3.87. The van der Waals surface area contributed by atoms with Crippen LogP contribution in [0.15, 0.2) is 12.1 Å². The highest BCUT2D eigenvalue weighted by Gasteiger charge is 2.30. The minimum atomic E-state index is -0.338. The Kier molecular flexibility index (Phi) is 6.52. The number of ether oxygens (including phenoxy) is 1. The van der Waals surface area contributed by atoms with Crippen molar-refractivity contribution < 1.29 is 14.6 Å². The molecule has 1 aliphatic rings. The van der Waals surface area contributed by atoms with E-state index in [1.807, 2.05) is 12.1 Å². The minimum Gasteiger partial charge on any atom is -0.459 e. The predicted molar refractivity (Wildman–Crippen MR) is 86.2 cm³/mol. The molecule has 5 heteroatoms. The third-order valence-corrected chi connectivity index (χ3v) is 6.05. The van der Waals surface area contributed by atoms with Crippen molar-refractivity contribution in [2.45, 2.75) is 44.4 Å². The summed E-state index contributed by atoms with van der Waals surface area (Å²) >= 11 is 7.76. The van der Waals surface area contributed by atoms with Crippen LogP contribution in [0.2, 0.25) is 0 Å². The molecule has 1 aromatic rings. The smallest absolute Gasteiger partial charge is 0.348 e. The van der Waals surface area contributed by atoms with Gasteiger partial charge < -0.3 is 9.84 Å². The summed E-state index contributed by atoms with van der Waals surface area (Å²) in [6.45, 7) is 2.19. The maximum atomic E-state index is 11.6. The Morgan fingerprint density at radius 3 is 2.95 bits per heavy atom. The van der Waals surface area contributed by atoms with Crippen molar-refractivity contribution in [2.75, 3.05) is 13.2 Å². The average molecular weight is 331 g/mol. The van der Waals surface area contributed by atoms with Gasteiger partial charge in [-0.1, -0.05) is 6.92 Å². The van der Waals surface area contributed by atoms with Crippen LogP contribution in [0.4, 0.5) is 0 Å². The lowest BCUT2D eigenvalue weighted by molar-refractivity contribution is 0.0439. The fraction of sp³-hybridized carbons (Fsp3) is 0.688. The van der Waals surface area contributed by atoms with E-state index in [-0.39, 0.29) is 19.2 Å². The van der Waals surface area contributed by atoms with E-state index < -0.39 is 0 Å². The zero-order valence-electron chi connectivity index (χ0n) is 12.4. The Bertz CT molecular complexity index is 460. The third kappa shape index (κ3) is 4.70. The quantitative estimate of drug-likeness (QED) is 0.609. The summed E-state index contributed by atoms with van der Waals surface area (Å²) in [7, 11) is 0. The van der Waals surface area contributed by atoms with E-state index in [4.69, 9.17) is 21.4 Å². The Balaban J connectivity index is 1.74. The van der Waals surface area contributed by atoms with E-state index in [9.17, 15) is 4.79 Å². The van der Waals surface area contributed by atoms with Crippen molar-refractivity contribution in [1.82, 2.24) is 0 Å². The molecule has 1 aromatic heterocycles. The zero-order chi connectivity index (χ0) is 15.2. The molecule has 0 bridgehead atoms. The molecule has 3 nitrogen and oxygen atoms in total. The standard InChI is InChI=1S/C16H23ClO3S/c1-11-12(5-7-14(11)17)3-2-4-13-6-8-15(21-13)16(19)20-10-9-18/h6,8,11-12,14,18H,2-5,7,9-10H2,1H3/t11?,12-,14?/m0/s1. The van der Waals surface area contributed by atoms with Gasteiger partial charge in [-0.15, -0.1) is 22.9 Å². The molecule has 0 spiro atoms. The number of alkyl halides is 1. The topological polar surface area (TPSA) is 46.5 Å². The number of thiophene rings is 1. The molecule has 0 saturated heterocycles. The fourth-order valence-electron chi connectivity index (χ4n) is 2.97. The van der Waals surface area contributed by atoms with E-state index in [2.05, 4.69) is 6.92 Å². The van der Waals surface area contributed by atoms with Gasteiger partial charge in [0.2, 0.25) is 0 Å². The van der Waals surface area contributed by atoms with Gasteiger partial charge in [0.25, 0.3) is 0 Å². The van der Waals surface area contributed by atoms with Crippen LogP contribution in [0.3, 0.4) is 0 Å². The second-order valence-electron chi connectivity index (χ2n) is 5.73. The highest BCUT2D eigenvalue weighted by atomic mass is 35.5. The van der Waals surface area contributed by atoms with Gasteiger partial charge in [-0.25, -0.2) is 4.79 Å². The van der Waals surface area contributed by atoms with E-state index in [1.54, 1.807) is 0 Å². The van der Waals surface area contributed by atoms with Gasteiger partial charge in [0.1, 0.15) is 11.5 Å². The average Bonchev–Trinajstić information content (AvgIpc) is 3.07. The van der Waals surface area contributed by atoms with Crippen molar-refractivity contribution in [1.29, 1.82) is 0 Å². The van der Waals surface area contributed by atoms with Crippen LogP contribution in [0.5, 0.6) is 0 Å². The van der Waals surface area contributed by atoms with E-state index in [0.717, 1.165) is 25.2 Å². The Morgan fingerprint density at radius 1 is 1.48 bits per heavy atom. The van der Waals surface area contributed by atoms with Crippen LogP contribution in [0, 0.1) is 11.8 Å². The van der Waals surface area contributed by atoms with Crippen LogP contribution in [0.25, 0.3) is 0 Å². The molecule has 1 heterocycles. The molecule has 1 fully saturated rings. The van der Waals surface area contributed by atoms with Gasteiger partial charge in [-0.3, -0.25) is 0 Å². The van der Waals surface area contributed by atoms with Gasteiger partial charge >= 0.3 is 5.97 Å². The SMILES string of the molecule is CC1C(Cl)CC[C@@H]1CCCc1ccc(C(=O)OCCO)s1. The summed E-state index contributed by atoms with van der Waals surface area (Å²) in [5.74, 6) is 1.04. The first kappa shape index (κ1) is 16.8. The monoisotopic (exact) mass is 330 g/mol. The number of hydrogen-bond acceptors (Lipinski definition) is 4. The molecule has 118 valence electrons. The number of rotatable bonds is 7. The summed E-state index contributed by atoms with van der Waals surface area (Å²) in [4.78, 5) is 13.5. The van der Waals surface area contributed by atoms with Crippen LogP contribution in [-0.4, -0.2) is 29.7 Å². The Hall–Kier alpha value is -0.580. The van der Waals surface area contributed by atoms with Crippen molar-refractivity contribution in [2.24, 2.45) is 11.8 Å². The molecular weight excluding hydrogens is 308 g/mol. The zero-order valence-corrected chi connectivity index (χ0v) is 14.0. The number of halogens is 1. The second-order valence-corrected chi connectivity index (χ2v) is 7.46. The van der Waals surface area contributed by atoms with Crippen LogP contribution >= 0.6 is 22.9 Å². The maximum absolute atomic E-state index is 11.6. The lowest BCUT2D eigenvalue weighted by Crippen LogP contribution is -2.10. The third-order valence-electron chi connectivity index (χ3n) is 4.31. The number of aryl methyl sites for hydroxylation is 1. The fourth-order valence-corrected chi connectivity index (χ4v) is 4.25. The second kappa shape index (κ2) is 8.16. The van der Waals surface area contributed by atoms with Gasteiger partial charge in [0, 0.05) is 10.3 Å². The largest absolute Gasteiger partial charge is 0.459 e. The van der Waals surface area contributed by atoms with Crippen LogP contribution in [-0.2, 0) is 11.2 Å². The number of aliphatic hydroxyl groups is 1. The summed E-state index contributed by atoms with van der Waals surface area (Å²) in [6.07, 6.45) is 5.76. The summed E-state index contributed by atoms with van der Waals surface area (Å²) < 4.78 is 4.91. The van der Waals surface area contributed by atoms with E-state index >= 15 is 0 Å². The maximum Gasteiger partial charge on any atom is 0.348 e. The summed E-state index contributed by atoms with van der Waals surface area (Å²) in [5, 5.41) is 9.00. The molecular formula is C16H23ClO3S. The van der Waals surface area contributed by atoms with Gasteiger partial charge in [-0.05, 0) is 56.1 Å². The van der Waals surface area contributed by atoms with Crippen LogP contribution in [0.1, 0.15) is 47.2 Å². The number of aliphatic hydroxyl groups excluding tert-OH is 1. The number of carbonyl (C=O) groups excluding carboxylic acids is 1. The molecule has 0 radical (unpaired) electrons. The highest BCUT2D eigenvalue weighted by molar-refractivity contribution is 7.13. The van der Waals surface area contributed by atoms with Crippen molar-refractivity contribution >= 4 is 28.9 Å². The minimum absolute atomic E-state index is 0.0607. The molecule has 0 aromatic carbocycles. The molecule has 3 atom stereocenters.